The van der Waals surface area contributed by atoms with E-state index >= 15 is 0 Å². The second-order valence-electron chi connectivity index (χ2n) is 4.06. The highest BCUT2D eigenvalue weighted by atomic mass is 79.9. The standard InChI is InChI=1S/C13H16BrN3O3/c1-18-11-5-9(10(14)6-12(11)19-2)7-15-4-3-13-16-8-17-20-13/h5-6,8,15H,3-4,7H2,1-2H3. The average molecular weight is 342 g/mol. The highest BCUT2D eigenvalue weighted by Crippen LogP contribution is 2.33. The lowest BCUT2D eigenvalue weighted by Crippen LogP contribution is -2.17. The van der Waals surface area contributed by atoms with E-state index in [4.69, 9.17) is 14.0 Å². The molecule has 1 heterocycles. The molecule has 1 N–H and O–H groups in total. The number of hydrogen-bond acceptors (Lipinski definition) is 6. The van der Waals surface area contributed by atoms with Crippen LogP contribution in [0.25, 0.3) is 0 Å². The van der Waals surface area contributed by atoms with Crippen LogP contribution in [0.15, 0.2) is 27.5 Å². The van der Waals surface area contributed by atoms with E-state index in [9.17, 15) is 0 Å². The smallest absolute Gasteiger partial charge is 0.227 e. The number of aromatic nitrogens is 2. The van der Waals surface area contributed by atoms with Crippen LogP contribution in [0.1, 0.15) is 11.5 Å². The van der Waals surface area contributed by atoms with Crippen molar-refractivity contribution in [2.24, 2.45) is 0 Å². The van der Waals surface area contributed by atoms with E-state index in [-0.39, 0.29) is 0 Å². The minimum absolute atomic E-state index is 0.629. The highest BCUT2D eigenvalue weighted by Gasteiger charge is 2.09. The van der Waals surface area contributed by atoms with Crippen LogP contribution in [0.3, 0.4) is 0 Å². The fraction of sp³-hybridized carbons (Fsp3) is 0.385. The van der Waals surface area contributed by atoms with Crippen LogP contribution in [0, 0.1) is 0 Å². The normalized spacial score (nSPS) is 10.6. The molecule has 1 aromatic carbocycles. The third-order valence-electron chi connectivity index (χ3n) is 2.79. The van der Waals surface area contributed by atoms with Gasteiger partial charge in [0.1, 0.15) is 0 Å². The van der Waals surface area contributed by atoms with E-state index in [1.807, 2.05) is 12.1 Å². The number of hydrogen-bond donors (Lipinski definition) is 1. The molecule has 0 saturated carbocycles. The summed E-state index contributed by atoms with van der Waals surface area (Å²) in [5.41, 5.74) is 1.09. The molecule has 0 unspecified atom stereocenters. The Morgan fingerprint density at radius 3 is 2.65 bits per heavy atom. The molecule has 0 radical (unpaired) electrons. The van der Waals surface area contributed by atoms with Crippen molar-refractivity contribution in [1.82, 2.24) is 15.5 Å². The van der Waals surface area contributed by atoms with Crippen LogP contribution >= 0.6 is 15.9 Å². The van der Waals surface area contributed by atoms with Gasteiger partial charge in [-0.25, -0.2) is 0 Å². The van der Waals surface area contributed by atoms with Crippen molar-refractivity contribution in [3.63, 3.8) is 0 Å². The number of nitrogens with zero attached hydrogens (tertiary/aromatic N) is 2. The molecule has 0 saturated heterocycles. The molecule has 0 aliphatic rings. The van der Waals surface area contributed by atoms with Gasteiger partial charge in [0.25, 0.3) is 0 Å². The predicted octanol–water partition coefficient (Wildman–Crippen LogP) is 2.18. The first-order valence-corrected chi connectivity index (χ1v) is 6.90. The Morgan fingerprint density at radius 2 is 2.00 bits per heavy atom. The molecular formula is C13H16BrN3O3. The van der Waals surface area contributed by atoms with Gasteiger partial charge in [-0.15, -0.1) is 0 Å². The Hall–Kier alpha value is -1.60. The van der Waals surface area contributed by atoms with Crippen LogP contribution in [0.2, 0.25) is 0 Å². The average Bonchev–Trinajstić information content (AvgIpc) is 2.97. The summed E-state index contributed by atoms with van der Waals surface area (Å²) in [6.07, 6.45) is 2.10. The van der Waals surface area contributed by atoms with Crippen molar-refractivity contribution in [2.45, 2.75) is 13.0 Å². The summed E-state index contributed by atoms with van der Waals surface area (Å²) in [5.74, 6) is 2.04. The minimum Gasteiger partial charge on any atom is -0.493 e. The van der Waals surface area contributed by atoms with Gasteiger partial charge < -0.3 is 19.3 Å². The molecule has 108 valence electrons. The molecule has 7 heteroatoms. The third kappa shape index (κ3) is 3.71. The SMILES string of the molecule is COc1cc(Br)c(CNCCc2ncno2)cc1OC. The van der Waals surface area contributed by atoms with E-state index in [1.165, 1.54) is 6.33 Å². The van der Waals surface area contributed by atoms with Crippen molar-refractivity contribution in [3.8, 4) is 11.5 Å². The van der Waals surface area contributed by atoms with Gasteiger partial charge in [-0.1, -0.05) is 21.1 Å². The summed E-state index contributed by atoms with van der Waals surface area (Å²) in [6, 6.07) is 3.84. The van der Waals surface area contributed by atoms with Crippen molar-refractivity contribution in [1.29, 1.82) is 0 Å². The molecule has 20 heavy (non-hydrogen) atoms. The van der Waals surface area contributed by atoms with E-state index in [1.54, 1.807) is 14.2 Å². The fourth-order valence-electron chi connectivity index (χ4n) is 1.76. The summed E-state index contributed by atoms with van der Waals surface area (Å²) < 4.78 is 16.4. The number of halogens is 1. The van der Waals surface area contributed by atoms with Gasteiger partial charge in [0.05, 0.1) is 14.2 Å². The number of nitrogens with one attached hydrogen (secondary N) is 1. The summed E-state index contributed by atoms with van der Waals surface area (Å²) in [6.45, 7) is 1.46. The molecule has 0 aliphatic heterocycles. The second-order valence-corrected chi connectivity index (χ2v) is 4.91. The Labute approximate surface area is 125 Å². The number of methoxy groups -OCH3 is 2. The maximum atomic E-state index is 5.29. The van der Waals surface area contributed by atoms with Gasteiger partial charge in [0.15, 0.2) is 17.8 Å². The van der Waals surface area contributed by atoms with Crippen molar-refractivity contribution >= 4 is 15.9 Å². The lowest BCUT2D eigenvalue weighted by molar-refractivity contribution is 0.354. The Balaban J connectivity index is 1.92. The molecular weight excluding hydrogens is 326 g/mol. The summed E-state index contributed by atoms with van der Waals surface area (Å²) in [4.78, 5) is 3.96. The lowest BCUT2D eigenvalue weighted by Gasteiger charge is -2.12. The van der Waals surface area contributed by atoms with Gasteiger partial charge in [0, 0.05) is 24.0 Å². The van der Waals surface area contributed by atoms with Crippen LogP contribution in [-0.2, 0) is 13.0 Å². The van der Waals surface area contributed by atoms with Crippen molar-refractivity contribution in [2.75, 3.05) is 20.8 Å². The first-order chi connectivity index (χ1) is 9.74. The van der Waals surface area contributed by atoms with Gasteiger partial charge in [-0.2, -0.15) is 4.98 Å². The first kappa shape index (κ1) is 14.8. The summed E-state index contributed by atoms with van der Waals surface area (Å²) in [7, 11) is 3.24. The molecule has 2 rings (SSSR count). The summed E-state index contributed by atoms with van der Waals surface area (Å²) in [5, 5.41) is 6.88. The van der Waals surface area contributed by atoms with Gasteiger partial charge >= 0.3 is 0 Å². The molecule has 0 atom stereocenters. The Morgan fingerprint density at radius 1 is 1.25 bits per heavy atom. The van der Waals surface area contributed by atoms with E-state index in [0.717, 1.165) is 16.6 Å². The molecule has 0 amide bonds. The van der Waals surface area contributed by atoms with E-state index in [2.05, 4.69) is 31.4 Å². The van der Waals surface area contributed by atoms with Crippen LogP contribution in [0.5, 0.6) is 11.5 Å². The van der Waals surface area contributed by atoms with Crippen LogP contribution < -0.4 is 14.8 Å². The van der Waals surface area contributed by atoms with Gasteiger partial charge in [-0.05, 0) is 17.7 Å². The third-order valence-corrected chi connectivity index (χ3v) is 3.53. The molecule has 0 spiro atoms. The van der Waals surface area contributed by atoms with Crippen molar-refractivity contribution < 1.29 is 14.0 Å². The molecule has 0 aliphatic carbocycles. The number of ether oxygens (including phenoxy) is 2. The molecule has 6 nitrogen and oxygen atoms in total. The first-order valence-electron chi connectivity index (χ1n) is 6.11. The molecule has 0 fully saturated rings. The zero-order valence-corrected chi connectivity index (χ0v) is 12.9. The Bertz CT molecular complexity index is 546. The lowest BCUT2D eigenvalue weighted by atomic mass is 10.2. The zero-order chi connectivity index (χ0) is 14.4. The fourth-order valence-corrected chi connectivity index (χ4v) is 2.22. The highest BCUT2D eigenvalue weighted by molar-refractivity contribution is 9.10. The number of benzene rings is 1. The topological polar surface area (TPSA) is 69.4 Å². The predicted molar refractivity (Wildman–Crippen MR) is 77.0 cm³/mol. The number of rotatable bonds is 7. The monoisotopic (exact) mass is 341 g/mol. The van der Waals surface area contributed by atoms with Crippen LogP contribution in [0.4, 0.5) is 0 Å². The van der Waals surface area contributed by atoms with Crippen molar-refractivity contribution in [3.05, 3.63) is 34.4 Å². The molecule has 2 aromatic rings. The maximum Gasteiger partial charge on any atom is 0.227 e. The van der Waals surface area contributed by atoms with Gasteiger partial charge in [0.2, 0.25) is 5.89 Å². The largest absolute Gasteiger partial charge is 0.493 e. The maximum absolute atomic E-state index is 5.29. The summed E-state index contributed by atoms with van der Waals surface area (Å²) >= 11 is 3.53. The zero-order valence-electron chi connectivity index (χ0n) is 11.4. The quantitative estimate of drug-likeness (QED) is 0.778. The molecule has 1 aromatic heterocycles. The van der Waals surface area contributed by atoms with Crippen LogP contribution in [-0.4, -0.2) is 30.9 Å². The molecule has 0 bridgehead atoms. The minimum atomic E-state index is 0.629. The second kappa shape index (κ2) is 7.25. The van der Waals surface area contributed by atoms with E-state index in [0.29, 0.717) is 30.4 Å². The van der Waals surface area contributed by atoms with E-state index < -0.39 is 0 Å². The Kier molecular flexibility index (Phi) is 5.37. The van der Waals surface area contributed by atoms with Gasteiger partial charge in [-0.3, -0.25) is 0 Å².